The molecule has 0 spiro atoms. The minimum atomic E-state index is -1.65. The van der Waals surface area contributed by atoms with Gasteiger partial charge in [0.15, 0.2) is 11.6 Å². The number of pyridine rings is 1. The van der Waals surface area contributed by atoms with Crippen molar-refractivity contribution in [2.45, 2.75) is 45.8 Å². The van der Waals surface area contributed by atoms with Crippen molar-refractivity contribution >= 4 is 17.6 Å². The minimum Gasteiger partial charge on any atom is -0.465 e. The summed E-state index contributed by atoms with van der Waals surface area (Å²) < 4.78 is 11.3. The number of ether oxygens (including phenoxy) is 1. The summed E-state index contributed by atoms with van der Waals surface area (Å²) in [6, 6.07) is 7.04. The van der Waals surface area contributed by atoms with Gasteiger partial charge in [-0.25, -0.2) is 4.98 Å². The molecule has 0 unspecified atom stereocenters. The van der Waals surface area contributed by atoms with E-state index in [1.165, 1.54) is 6.92 Å². The molecule has 2 amide bonds. The quantitative estimate of drug-likeness (QED) is 0.803. The van der Waals surface area contributed by atoms with Gasteiger partial charge in [0.2, 0.25) is 0 Å². The van der Waals surface area contributed by atoms with E-state index in [1.807, 2.05) is 19.9 Å². The molecule has 0 fully saturated rings. The summed E-state index contributed by atoms with van der Waals surface area (Å²) in [6.45, 7) is 6.04. The molecule has 1 aliphatic heterocycles. The lowest BCUT2D eigenvalue weighted by molar-refractivity contribution is -0.148. The molecule has 3 rings (SSSR count). The normalized spacial score (nSPS) is 19.0. The number of fused-ring (bicyclic) bond motifs is 1. The third kappa shape index (κ3) is 3.29. The lowest BCUT2D eigenvalue weighted by Crippen LogP contribution is -2.62. The summed E-state index contributed by atoms with van der Waals surface area (Å²) in [4.78, 5) is 31.6. The highest BCUT2D eigenvalue weighted by molar-refractivity contribution is 6.16. The Morgan fingerprint density at radius 3 is 2.85 bits per heavy atom. The van der Waals surface area contributed by atoms with Crippen LogP contribution in [0.25, 0.3) is 0 Å². The fraction of sp³-hybridized carbons (Fsp3) is 0.421. The Labute approximate surface area is 152 Å². The molecule has 1 atom stereocenters. The SMILES string of the molecule is CCCCN1C(=O)[C@](C)(C(=O)NCc2ccc(C)o2)Oc2cccnc21. The number of aromatic nitrogens is 1. The van der Waals surface area contributed by atoms with Crippen molar-refractivity contribution < 1.29 is 18.7 Å². The first kappa shape index (κ1) is 18.0. The van der Waals surface area contributed by atoms with Gasteiger partial charge in [-0.2, -0.15) is 0 Å². The van der Waals surface area contributed by atoms with Crippen LogP contribution in [0.5, 0.6) is 5.75 Å². The van der Waals surface area contributed by atoms with Crippen LogP contribution >= 0.6 is 0 Å². The van der Waals surface area contributed by atoms with Crippen molar-refractivity contribution in [3.8, 4) is 5.75 Å². The van der Waals surface area contributed by atoms with Gasteiger partial charge in [-0.05, 0) is 44.5 Å². The van der Waals surface area contributed by atoms with Gasteiger partial charge in [-0.1, -0.05) is 13.3 Å². The molecule has 1 aliphatic rings. The van der Waals surface area contributed by atoms with Crippen molar-refractivity contribution in [2.24, 2.45) is 0 Å². The Bertz CT molecular complexity index is 817. The number of nitrogens with one attached hydrogen (secondary N) is 1. The van der Waals surface area contributed by atoms with Gasteiger partial charge in [0.05, 0.1) is 6.54 Å². The second-order valence-electron chi connectivity index (χ2n) is 6.47. The van der Waals surface area contributed by atoms with Crippen LogP contribution in [0.3, 0.4) is 0 Å². The van der Waals surface area contributed by atoms with Crippen LogP contribution in [0, 0.1) is 6.92 Å². The van der Waals surface area contributed by atoms with Crippen LogP contribution in [-0.2, 0) is 16.1 Å². The molecule has 0 aromatic carbocycles. The van der Waals surface area contributed by atoms with E-state index < -0.39 is 17.4 Å². The molecule has 0 bridgehead atoms. The van der Waals surface area contributed by atoms with Gasteiger partial charge in [-0.15, -0.1) is 0 Å². The molecule has 1 N–H and O–H groups in total. The molecule has 138 valence electrons. The van der Waals surface area contributed by atoms with Gasteiger partial charge in [0.1, 0.15) is 11.5 Å². The largest absolute Gasteiger partial charge is 0.465 e. The summed E-state index contributed by atoms with van der Waals surface area (Å²) in [5.41, 5.74) is -1.65. The van der Waals surface area contributed by atoms with E-state index in [-0.39, 0.29) is 6.54 Å². The number of hydrogen-bond donors (Lipinski definition) is 1. The number of amides is 2. The predicted molar refractivity (Wildman–Crippen MR) is 95.8 cm³/mol. The average molecular weight is 357 g/mol. The molecule has 26 heavy (non-hydrogen) atoms. The molecule has 2 aromatic heterocycles. The first-order valence-electron chi connectivity index (χ1n) is 8.75. The molecular weight excluding hydrogens is 334 g/mol. The topological polar surface area (TPSA) is 84.7 Å². The van der Waals surface area contributed by atoms with E-state index in [0.29, 0.717) is 23.9 Å². The van der Waals surface area contributed by atoms with Crippen molar-refractivity contribution in [3.63, 3.8) is 0 Å². The number of carbonyl (C=O) groups is 2. The highest BCUT2D eigenvalue weighted by Gasteiger charge is 2.51. The van der Waals surface area contributed by atoms with E-state index >= 15 is 0 Å². The van der Waals surface area contributed by atoms with Crippen LogP contribution in [0.4, 0.5) is 5.82 Å². The lowest BCUT2D eigenvalue weighted by Gasteiger charge is -2.38. The Morgan fingerprint density at radius 1 is 1.35 bits per heavy atom. The third-order valence-electron chi connectivity index (χ3n) is 4.36. The van der Waals surface area contributed by atoms with Gasteiger partial charge in [0, 0.05) is 12.7 Å². The number of nitrogens with zero attached hydrogens (tertiary/aromatic N) is 2. The minimum absolute atomic E-state index is 0.188. The number of unbranched alkanes of at least 4 members (excludes halogenated alkanes) is 1. The summed E-state index contributed by atoms with van der Waals surface area (Å²) in [5.74, 6) is 1.34. The van der Waals surface area contributed by atoms with Gasteiger partial charge in [-0.3, -0.25) is 14.5 Å². The van der Waals surface area contributed by atoms with Crippen LogP contribution in [-0.4, -0.2) is 28.9 Å². The van der Waals surface area contributed by atoms with Gasteiger partial charge >= 0.3 is 0 Å². The summed E-state index contributed by atoms with van der Waals surface area (Å²) in [5, 5.41) is 2.73. The Kier molecular flexibility index (Phi) is 4.97. The first-order chi connectivity index (χ1) is 12.5. The lowest BCUT2D eigenvalue weighted by atomic mass is 10.0. The second-order valence-corrected chi connectivity index (χ2v) is 6.47. The fourth-order valence-corrected chi connectivity index (χ4v) is 2.87. The second kappa shape index (κ2) is 7.19. The van der Waals surface area contributed by atoms with E-state index in [2.05, 4.69) is 10.3 Å². The molecule has 0 saturated carbocycles. The molecule has 0 saturated heterocycles. The summed E-state index contributed by atoms with van der Waals surface area (Å²) in [6.07, 6.45) is 3.34. The Hall–Kier alpha value is -2.83. The zero-order valence-corrected chi connectivity index (χ0v) is 15.2. The summed E-state index contributed by atoms with van der Waals surface area (Å²) >= 11 is 0. The average Bonchev–Trinajstić information content (AvgIpc) is 3.05. The maximum Gasteiger partial charge on any atom is 0.282 e. The van der Waals surface area contributed by atoms with E-state index in [1.54, 1.807) is 29.3 Å². The third-order valence-corrected chi connectivity index (χ3v) is 4.36. The van der Waals surface area contributed by atoms with Crippen LogP contribution < -0.4 is 15.0 Å². The molecule has 0 radical (unpaired) electrons. The number of hydrogen-bond acceptors (Lipinski definition) is 5. The van der Waals surface area contributed by atoms with Crippen molar-refractivity contribution in [1.29, 1.82) is 0 Å². The molecule has 2 aromatic rings. The van der Waals surface area contributed by atoms with Crippen molar-refractivity contribution in [2.75, 3.05) is 11.4 Å². The smallest absolute Gasteiger partial charge is 0.282 e. The zero-order valence-electron chi connectivity index (χ0n) is 15.2. The zero-order chi connectivity index (χ0) is 18.7. The number of anilines is 1. The number of aryl methyl sites for hydroxylation is 1. The van der Waals surface area contributed by atoms with Crippen LogP contribution in [0.1, 0.15) is 38.2 Å². The van der Waals surface area contributed by atoms with Crippen LogP contribution in [0.15, 0.2) is 34.9 Å². The molecule has 3 heterocycles. The molecule has 7 nitrogen and oxygen atoms in total. The molecule has 7 heteroatoms. The Balaban J connectivity index is 1.83. The predicted octanol–water partition coefficient (Wildman–Crippen LogP) is 2.58. The highest BCUT2D eigenvalue weighted by atomic mass is 16.5. The molecule has 0 aliphatic carbocycles. The highest BCUT2D eigenvalue weighted by Crippen LogP contribution is 2.36. The fourth-order valence-electron chi connectivity index (χ4n) is 2.87. The summed E-state index contributed by atoms with van der Waals surface area (Å²) in [7, 11) is 0. The van der Waals surface area contributed by atoms with E-state index in [0.717, 1.165) is 18.6 Å². The number of furan rings is 1. The van der Waals surface area contributed by atoms with Gasteiger partial charge in [0.25, 0.3) is 17.4 Å². The first-order valence-corrected chi connectivity index (χ1v) is 8.75. The Morgan fingerprint density at radius 2 is 2.15 bits per heavy atom. The standard InChI is InChI=1S/C19H23N3O4/c1-4-5-11-22-16-15(7-6-10-20-16)26-19(3,18(22)24)17(23)21-12-14-9-8-13(2)25-14/h6-10H,4-5,11-12H2,1-3H3,(H,21,23)/t19-/m0/s1. The van der Waals surface area contributed by atoms with Crippen molar-refractivity contribution in [3.05, 3.63) is 42.0 Å². The number of carbonyl (C=O) groups excluding carboxylic acids is 2. The van der Waals surface area contributed by atoms with Crippen LogP contribution in [0.2, 0.25) is 0 Å². The van der Waals surface area contributed by atoms with E-state index in [9.17, 15) is 9.59 Å². The maximum absolute atomic E-state index is 13.0. The number of rotatable bonds is 6. The monoisotopic (exact) mass is 357 g/mol. The van der Waals surface area contributed by atoms with Gasteiger partial charge < -0.3 is 14.5 Å². The van der Waals surface area contributed by atoms with E-state index in [4.69, 9.17) is 9.15 Å². The maximum atomic E-state index is 13.0. The molecular formula is C19H23N3O4. The van der Waals surface area contributed by atoms with Crippen molar-refractivity contribution in [1.82, 2.24) is 10.3 Å².